The van der Waals surface area contributed by atoms with Crippen LogP contribution in [0, 0.1) is 5.92 Å². The Kier molecular flexibility index (Phi) is 8.05. The third-order valence-electron chi connectivity index (χ3n) is 6.23. The lowest BCUT2D eigenvalue weighted by Crippen LogP contribution is -2.22. The van der Waals surface area contributed by atoms with Crippen molar-refractivity contribution in [2.45, 2.75) is 56.5 Å². The van der Waals surface area contributed by atoms with Gasteiger partial charge in [-0.15, -0.1) is 0 Å². The summed E-state index contributed by atoms with van der Waals surface area (Å²) in [5, 5.41) is 8.86. The number of hydrogen-bond donors (Lipinski definition) is 3. The van der Waals surface area contributed by atoms with E-state index < -0.39 is 30.7 Å². The summed E-state index contributed by atoms with van der Waals surface area (Å²) in [5.74, 6) is -0.455. The van der Waals surface area contributed by atoms with Gasteiger partial charge in [-0.1, -0.05) is 6.92 Å². The Morgan fingerprint density at radius 2 is 2.00 bits per heavy atom. The first-order valence-electron chi connectivity index (χ1n) is 11.6. The Labute approximate surface area is 214 Å². The summed E-state index contributed by atoms with van der Waals surface area (Å²) in [4.78, 5) is 20.6. The molecule has 3 heterocycles. The summed E-state index contributed by atoms with van der Waals surface area (Å²) in [6, 6.07) is 2.66. The fraction of sp³-hybridized carbons (Fsp3) is 0.478. The molecule has 200 valence electrons. The number of amides is 1. The fourth-order valence-corrected chi connectivity index (χ4v) is 4.54. The van der Waals surface area contributed by atoms with Crippen molar-refractivity contribution < 1.29 is 31.2 Å². The average Bonchev–Trinajstić information content (AvgIpc) is 3.51. The molecule has 1 amide bonds. The molecule has 37 heavy (non-hydrogen) atoms. The lowest BCUT2D eigenvalue weighted by Gasteiger charge is -2.30. The molecule has 0 aliphatic heterocycles. The molecule has 1 saturated carbocycles. The lowest BCUT2D eigenvalue weighted by molar-refractivity contribution is -0.115. The van der Waals surface area contributed by atoms with Gasteiger partial charge < -0.3 is 15.1 Å². The van der Waals surface area contributed by atoms with Gasteiger partial charge in [0.1, 0.15) is 18.6 Å². The normalized spacial score (nSPS) is 19.1. The number of carbonyl (C=O) groups is 1. The average molecular weight is 545 g/mol. The maximum absolute atomic E-state index is 13.7. The number of carbonyl (C=O) groups excluding carboxylic acids is 1. The first-order valence-corrected chi connectivity index (χ1v) is 12.1. The number of nitrogens with one attached hydrogen (secondary N) is 2. The van der Waals surface area contributed by atoms with Gasteiger partial charge in [-0.05, 0) is 43.7 Å². The van der Waals surface area contributed by atoms with Crippen LogP contribution in [0.3, 0.4) is 0 Å². The van der Waals surface area contributed by atoms with Crippen molar-refractivity contribution in [3.63, 3.8) is 0 Å². The van der Waals surface area contributed by atoms with E-state index in [1.165, 1.54) is 29.2 Å². The number of hydrogen-bond acceptors (Lipinski definition) is 7. The zero-order chi connectivity index (χ0) is 26.7. The van der Waals surface area contributed by atoms with E-state index >= 15 is 0 Å². The summed E-state index contributed by atoms with van der Waals surface area (Å²) >= 11 is 4.50. The van der Waals surface area contributed by atoms with Gasteiger partial charge in [0.25, 0.3) is 12.3 Å². The number of nitrogens with zero attached hydrogens (tertiary/aromatic N) is 4. The van der Waals surface area contributed by atoms with Crippen LogP contribution in [0.15, 0.2) is 35.2 Å². The Bertz CT molecular complexity index is 1220. The van der Waals surface area contributed by atoms with E-state index in [0.29, 0.717) is 5.92 Å². The smallest absolute Gasteiger partial charge is 0.405 e. The number of rotatable bonds is 8. The number of halogens is 5. The van der Waals surface area contributed by atoms with Gasteiger partial charge in [-0.3, -0.25) is 9.48 Å². The van der Waals surface area contributed by atoms with Gasteiger partial charge in [-0.2, -0.15) is 30.9 Å². The highest BCUT2D eigenvalue weighted by Gasteiger charge is 2.29. The lowest BCUT2D eigenvalue weighted by atomic mass is 9.84. The molecule has 0 bridgehead atoms. The van der Waals surface area contributed by atoms with E-state index in [1.54, 1.807) is 0 Å². The van der Waals surface area contributed by atoms with Gasteiger partial charge in [0.15, 0.2) is 11.4 Å². The summed E-state index contributed by atoms with van der Waals surface area (Å²) in [6.45, 7) is 0.761. The fourth-order valence-electron chi connectivity index (χ4n) is 4.25. The molecule has 0 saturated heterocycles. The summed E-state index contributed by atoms with van der Waals surface area (Å²) in [6.07, 6.45) is -0.296. The van der Waals surface area contributed by atoms with Crippen LogP contribution < -0.4 is 10.6 Å². The monoisotopic (exact) mass is 544 g/mol. The number of thiol groups is 1. The predicted molar refractivity (Wildman–Crippen MR) is 129 cm³/mol. The maximum atomic E-state index is 13.7. The predicted octanol–water partition coefficient (Wildman–Crippen LogP) is 6.15. The van der Waals surface area contributed by atoms with Crippen LogP contribution in [0.2, 0.25) is 0 Å². The second kappa shape index (κ2) is 11.1. The molecule has 1 atom stereocenters. The minimum atomic E-state index is -4.43. The van der Waals surface area contributed by atoms with E-state index in [2.05, 4.69) is 38.3 Å². The van der Waals surface area contributed by atoms with Gasteiger partial charge in [-0.25, -0.2) is 18.7 Å². The molecule has 0 radical (unpaired) electrons. The Morgan fingerprint density at radius 1 is 1.27 bits per heavy atom. The molecule has 1 aliphatic carbocycles. The molecular formula is C23H25F5N6O2S. The van der Waals surface area contributed by atoms with Crippen molar-refractivity contribution in [2.75, 3.05) is 17.2 Å². The van der Waals surface area contributed by atoms with Gasteiger partial charge in [0, 0.05) is 23.2 Å². The third-order valence-corrected chi connectivity index (χ3v) is 6.65. The van der Waals surface area contributed by atoms with Crippen molar-refractivity contribution in [3.8, 4) is 11.5 Å². The molecule has 0 spiro atoms. The van der Waals surface area contributed by atoms with Crippen LogP contribution in [-0.2, 0) is 0 Å². The Balaban J connectivity index is 1.46. The highest BCUT2D eigenvalue weighted by Crippen LogP contribution is 2.37. The second-order valence-electron chi connectivity index (χ2n) is 8.91. The van der Waals surface area contributed by atoms with Crippen molar-refractivity contribution in [3.05, 3.63) is 42.2 Å². The van der Waals surface area contributed by atoms with E-state index in [0.717, 1.165) is 31.9 Å². The van der Waals surface area contributed by atoms with Gasteiger partial charge in [0.2, 0.25) is 5.89 Å². The molecule has 14 heteroatoms. The van der Waals surface area contributed by atoms with E-state index in [-0.39, 0.29) is 39.9 Å². The van der Waals surface area contributed by atoms with Crippen molar-refractivity contribution in [1.29, 1.82) is 0 Å². The molecular weight excluding hydrogens is 519 g/mol. The zero-order valence-electron chi connectivity index (χ0n) is 19.7. The topological polar surface area (TPSA) is 97.9 Å². The van der Waals surface area contributed by atoms with Gasteiger partial charge in [0.05, 0.1) is 11.7 Å². The minimum Gasteiger partial charge on any atom is -0.444 e. The van der Waals surface area contributed by atoms with Crippen molar-refractivity contribution in [2.24, 2.45) is 5.92 Å². The molecule has 8 nitrogen and oxygen atoms in total. The van der Waals surface area contributed by atoms with Crippen LogP contribution in [0.1, 0.15) is 61.3 Å². The molecule has 3 aromatic heterocycles. The van der Waals surface area contributed by atoms with Crippen LogP contribution in [0.4, 0.5) is 33.5 Å². The quantitative estimate of drug-likeness (QED) is 0.233. The van der Waals surface area contributed by atoms with Gasteiger partial charge >= 0.3 is 6.18 Å². The number of alkyl halides is 5. The standard InChI is InChI=1S/C23H25F5N6O2S/c1-12(37)13-2-4-15(5-3-13)34-9-16(19(33-34)20(24)25)31-21(35)17-10-36-22(32-17)14-6-7-29-18(8-14)30-11-23(26,27)28/h6-10,12-13,15,20,37H,2-5,11H2,1H3,(H,29,30)(H,31,35)/t12-,13?,15?/m1/s1. The van der Waals surface area contributed by atoms with Crippen molar-refractivity contribution in [1.82, 2.24) is 19.7 Å². The largest absolute Gasteiger partial charge is 0.444 e. The Hall–Kier alpha value is -3.16. The summed E-state index contributed by atoms with van der Waals surface area (Å²) in [7, 11) is 0. The van der Waals surface area contributed by atoms with Crippen molar-refractivity contribution >= 4 is 30.0 Å². The molecule has 1 fully saturated rings. The molecule has 2 N–H and O–H groups in total. The second-order valence-corrected chi connectivity index (χ2v) is 9.72. The number of oxazole rings is 1. The third kappa shape index (κ3) is 6.79. The number of aromatic nitrogens is 4. The Morgan fingerprint density at radius 3 is 2.65 bits per heavy atom. The van der Waals surface area contributed by atoms with Crippen LogP contribution in [0.5, 0.6) is 0 Å². The maximum Gasteiger partial charge on any atom is 0.405 e. The van der Waals surface area contributed by atoms with Crippen LogP contribution in [0.25, 0.3) is 11.5 Å². The highest BCUT2D eigenvalue weighted by atomic mass is 32.1. The van der Waals surface area contributed by atoms with Crippen LogP contribution >= 0.6 is 12.6 Å². The molecule has 3 aromatic rings. The first kappa shape index (κ1) is 26.9. The highest BCUT2D eigenvalue weighted by molar-refractivity contribution is 7.80. The number of pyridine rings is 1. The van der Waals surface area contributed by atoms with E-state index in [1.807, 2.05) is 6.92 Å². The SMILES string of the molecule is C[C@@H](S)C1CCC(n2cc(NC(=O)c3coc(-c4ccnc(NCC(F)(F)F)c4)n3)c(C(F)F)n2)CC1. The summed E-state index contributed by atoms with van der Waals surface area (Å²) in [5.41, 5.74) is -0.605. The molecule has 4 rings (SSSR count). The molecule has 0 aromatic carbocycles. The summed E-state index contributed by atoms with van der Waals surface area (Å²) < 4.78 is 71.5. The molecule has 0 unspecified atom stereocenters. The zero-order valence-corrected chi connectivity index (χ0v) is 20.6. The minimum absolute atomic E-state index is 0.0532. The number of anilines is 2. The van der Waals surface area contributed by atoms with Crippen LogP contribution in [-0.4, -0.2) is 43.6 Å². The molecule has 1 aliphatic rings. The first-order chi connectivity index (χ1) is 17.5. The van der Waals surface area contributed by atoms with E-state index in [4.69, 9.17) is 4.42 Å². The van der Waals surface area contributed by atoms with E-state index in [9.17, 15) is 26.7 Å².